The van der Waals surface area contributed by atoms with Gasteiger partial charge in [0.25, 0.3) is 5.56 Å². The largest absolute Gasteiger partial charge is 0.497 e. The van der Waals surface area contributed by atoms with Gasteiger partial charge >= 0.3 is 0 Å². The van der Waals surface area contributed by atoms with E-state index in [-0.39, 0.29) is 4.90 Å². The molecule has 0 spiro atoms. The number of amides is 1. The van der Waals surface area contributed by atoms with Crippen molar-refractivity contribution in [3.05, 3.63) is 70.8 Å². The van der Waals surface area contributed by atoms with Crippen molar-refractivity contribution in [2.24, 2.45) is 0 Å². The molecule has 0 atom stereocenters. The van der Waals surface area contributed by atoms with Crippen LogP contribution >= 0.6 is 0 Å². The van der Waals surface area contributed by atoms with Gasteiger partial charge in [-0.1, -0.05) is 6.07 Å². The molecule has 0 aliphatic heterocycles. The van der Waals surface area contributed by atoms with Gasteiger partial charge in [0.1, 0.15) is 23.9 Å². The molecule has 0 aliphatic rings. The first-order chi connectivity index (χ1) is 14.7. The number of anilines is 1. The van der Waals surface area contributed by atoms with Crippen LogP contribution in [0.25, 0.3) is 0 Å². The molecule has 0 bridgehead atoms. The van der Waals surface area contributed by atoms with Gasteiger partial charge in [-0.25, -0.2) is 17.5 Å². The van der Waals surface area contributed by atoms with E-state index in [0.717, 1.165) is 24.3 Å². The van der Waals surface area contributed by atoms with Crippen LogP contribution in [0.3, 0.4) is 0 Å². The van der Waals surface area contributed by atoms with Crippen molar-refractivity contribution in [2.75, 3.05) is 19.5 Å². The average molecular weight is 447 g/mol. The summed E-state index contributed by atoms with van der Waals surface area (Å²) in [5.74, 6) is -0.561. The molecule has 9 nitrogen and oxygen atoms in total. The third-order valence-electron chi connectivity index (χ3n) is 4.20. The van der Waals surface area contributed by atoms with Gasteiger partial charge in [0, 0.05) is 12.1 Å². The highest BCUT2D eigenvalue weighted by atomic mass is 32.2. The first-order valence-corrected chi connectivity index (χ1v) is 10.3. The highest BCUT2D eigenvalue weighted by molar-refractivity contribution is 7.91. The Hall–Kier alpha value is -3.73. The first kappa shape index (κ1) is 22.0. The molecule has 162 valence electrons. The van der Waals surface area contributed by atoms with E-state index >= 15 is 0 Å². The molecule has 0 unspecified atom stereocenters. The van der Waals surface area contributed by atoms with Crippen LogP contribution in [0.1, 0.15) is 0 Å². The molecular formula is C20H18FN3O6S. The van der Waals surface area contributed by atoms with Crippen molar-refractivity contribution in [3.63, 3.8) is 0 Å². The molecule has 0 saturated carbocycles. The molecule has 0 radical (unpaired) electrons. The number of hydrogen-bond acceptors (Lipinski definition) is 7. The lowest BCUT2D eigenvalue weighted by Crippen LogP contribution is -2.30. The van der Waals surface area contributed by atoms with E-state index in [1.165, 1.54) is 32.4 Å². The summed E-state index contributed by atoms with van der Waals surface area (Å²) in [5.41, 5.74) is -0.394. The van der Waals surface area contributed by atoms with Crippen molar-refractivity contribution in [1.82, 2.24) is 9.78 Å². The smallest absolute Gasteiger partial charge is 0.267 e. The number of benzene rings is 2. The van der Waals surface area contributed by atoms with Crippen LogP contribution in [0.15, 0.2) is 69.3 Å². The Balaban J connectivity index is 1.88. The number of nitrogens with zero attached hydrogens (tertiary/aromatic N) is 2. The quantitative estimate of drug-likeness (QED) is 0.588. The second kappa shape index (κ2) is 8.96. The minimum atomic E-state index is -4.19. The van der Waals surface area contributed by atoms with E-state index in [4.69, 9.17) is 9.47 Å². The molecule has 0 fully saturated rings. The molecule has 3 rings (SSSR count). The van der Waals surface area contributed by atoms with E-state index in [0.29, 0.717) is 21.9 Å². The Morgan fingerprint density at radius 2 is 1.87 bits per heavy atom. The van der Waals surface area contributed by atoms with Gasteiger partial charge < -0.3 is 14.8 Å². The lowest BCUT2D eigenvalue weighted by molar-refractivity contribution is -0.117. The van der Waals surface area contributed by atoms with Gasteiger partial charge in [0.15, 0.2) is 5.03 Å². The molecule has 1 N–H and O–H groups in total. The highest BCUT2D eigenvalue weighted by Crippen LogP contribution is 2.28. The van der Waals surface area contributed by atoms with Gasteiger partial charge in [0.2, 0.25) is 15.7 Å². The lowest BCUT2D eigenvalue weighted by Gasteiger charge is -2.12. The van der Waals surface area contributed by atoms with Crippen LogP contribution < -0.4 is 20.3 Å². The molecular weight excluding hydrogens is 429 g/mol. The van der Waals surface area contributed by atoms with Crippen molar-refractivity contribution in [3.8, 4) is 11.5 Å². The third-order valence-corrected chi connectivity index (χ3v) is 5.84. The summed E-state index contributed by atoms with van der Waals surface area (Å²) in [6, 6.07) is 11.1. The summed E-state index contributed by atoms with van der Waals surface area (Å²) in [4.78, 5) is 24.3. The molecule has 1 aromatic heterocycles. The van der Waals surface area contributed by atoms with Gasteiger partial charge in [-0.05, 0) is 36.4 Å². The lowest BCUT2D eigenvalue weighted by atomic mass is 10.2. The van der Waals surface area contributed by atoms with Crippen molar-refractivity contribution >= 4 is 21.4 Å². The predicted molar refractivity (Wildman–Crippen MR) is 109 cm³/mol. The number of carbonyl (C=O) groups is 1. The Kier molecular flexibility index (Phi) is 6.35. The van der Waals surface area contributed by atoms with Crippen molar-refractivity contribution < 1.29 is 27.1 Å². The van der Waals surface area contributed by atoms with E-state index in [2.05, 4.69) is 10.4 Å². The van der Waals surface area contributed by atoms with E-state index in [1.807, 2.05) is 0 Å². The standard InChI is InChI=1S/C20H18FN3O6S/c1-29-14-6-7-17(30-2)16(11-14)22-18(25)12-24-20(26)9-8-19(23-24)31(27,28)15-5-3-4-13(21)10-15/h3-11H,12H2,1-2H3,(H,22,25). The van der Waals surface area contributed by atoms with Crippen LogP contribution in [0.4, 0.5) is 10.1 Å². The number of sulfone groups is 1. The summed E-state index contributed by atoms with van der Waals surface area (Å²) in [5, 5.41) is 5.86. The molecule has 11 heteroatoms. The van der Waals surface area contributed by atoms with Gasteiger partial charge in [-0.2, -0.15) is 5.10 Å². The number of ether oxygens (including phenoxy) is 2. The topological polar surface area (TPSA) is 117 Å². The fourth-order valence-corrected chi connectivity index (χ4v) is 3.90. The maximum Gasteiger partial charge on any atom is 0.267 e. The Morgan fingerprint density at radius 3 is 2.55 bits per heavy atom. The fourth-order valence-electron chi connectivity index (χ4n) is 2.68. The number of hydrogen-bond donors (Lipinski definition) is 1. The zero-order valence-electron chi connectivity index (χ0n) is 16.5. The van der Waals surface area contributed by atoms with E-state index < -0.39 is 38.7 Å². The molecule has 1 amide bonds. The van der Waals surface area contributed by atoms with Gasteiger partial charge in [-0.3, -0.25) is 9.59 Å². The maximum absolute atomic E-state index is 13.4. The van der Waals surface area contributed by atoms with E-state index in [9.17, 15) is 22.4 Å². The Morgan fingerprint density at radius 1 is 1.10 bits per heavy atom. The second-order valence-corrected chi connectivity index (χ2v) is 8.14. The van der Waals surface area contributed by atoms with Gasteiger partial charge in [0.05, 0.1) is 24.8 Å². The summed E-state index contributed by atoms with van der Waals surface area (Å²) in [6.07, 6.45) is 0. The molecule has 0 saturated heterocycles. The fraction of sp³-hybridized carbons (Fsp3) is 0.150. The minimum Gasteiger partial charge on any atom is -0.497 e. The number of nitrogens with one attached hydrogen (secondary N) is 1. The van der Waals surface area contributed by atoms with Crippen molar-refractivity contribution in [2.45, 2.75) is 16.5 Å². The summed E-state index contributed by atoms with van der Waals surface area (Å²) < 4.78 is 49.8. The first-order valence-electron chi connectivity index (χ1n) is 8.85. The van der Waals surface area contributed by atoms with Crippen LogP contribution in [-0.2, 0) is 21.2 Å². The molecule has 31 heavy (non-hydrogen) atoms. The Bertz CT molecular complexity index is 1290. The van der Waals surface area contributed by atoms with Crippen LogP contribution in [0.5, 0.6) is 11.5 Å². The van der Waals surface area contributed by atoms with Crippen LogP contribution in [0.2, 0.25) is 0 Å². The molecule has 2 aromatic carbocycles. The number of carbonyl (C=O) groups excluding carboxylic acids is 1. The zero-order chi connectivity index (χ0) is 22.6. The third kappa shape index (κ3) is 4.89. The Labute approximate surface area is 177 Å². The van der Waals surface area contributed by atoms with E-state index in [1.54, 1.807) is 12.1 Å². The predicted octanol–water partition coefficient (Wildman–Crippen LogP) is 1.87. The van der Waals surface area contributed by atoms with Crippen LogP contribution in [0, 0.1) is 5.82 Å². The number of methoxy groups -OCH3 is 2. The molecule has 3 aromatic rings. The van der Waals surface area contributed by atoms with Crippen LogP contribution in [-0.4, -0.2) is 38.3 Å². The number of aromatic nitrogens is 2. The van der Waals surface area contributed by atoms with Gasteiger partial charge in [-0.15, -0.1) is 0 Å². The molecule has 1 heterocycles. The number of halogens is 1. The average Bonchev–Trinajstić information content (AvgIpc) is 2.75. The second-order valence-electron chi connectivity index (χ2n) is 6.24. The number of rotatable bonds is 7. The minimum absolute atomic E-state index is 0.295. The summed E-state index contributed by atoms with van der Waals surface area (Å²) in [6.45, 7) is -0.564. The SMILES string of the molecule is COc1ccc(OC)c(NC(=O)Cn2nc(S(=O)(=O)c3cccc(F)c3)ccc2=O)c1. The highest BCUT2D eigenvalue weighted by Gasteiger charge is 2.21. The zero-order valence-corrected chi connectivity index (χ0v) is 17.3. The maximum atomic E-state index is 13.4. The monoisotopic (exact) mass is 447 g/mol. The molecule has 0 aliphatic carbocycles. The van der Waals surface area contributed by atoms with Crippen molar-refractivity contribution in [1.29, 1.82) is 0 Å². The summed E-state index contributed by atoms with van der Waals surface area (Å²) >= 11 is 0. The normalized spacial score (nSPS) is 11.1. The summed E-state index contributed by atoms with van der Waals surface area (Å²) in [7, 11) is -1.31.